The predicted molar refractivity (Wildman–Crippen MR) is 88.0 cm³/mol. The molecule has 0 aliphatic carbocycles. The Hall–Kier alpha value is -2.33. The number of methoxy groups -OCH3 is 1. The van der Waals surface area contributed by atoms with Crippen molar-refractivity contribution in [3.63, 3.8) is 0 Å². The van der Waals surface area contributed by atoms with Gasteiger partial charge in [-0.05, 0) is 30.2 Å². The molecule has 0 aromatic heterocycles. The highest BCUT2D eigenvalue weighted by molar-refractivity contribution is 5.78. The van der Waals surface area contributed by atoms with Crippen LogP contribution in [0.5, 0.6) is 5.75 Å². The van der Waals surface area contributed by atoms with Crippen molar-refractivity contribution in [2.75, 3.05) is 20.2 Å². The zero-order valence-corrected chi connectivity index (χ0v) is 13.0. The second kappa shape index (κ2) is 7.09. The van der Waals surface area contributed by atoms with E-state index in [1.54, 1.807) is 7.11 Å². The summed E-state index contributed by atoms with van der Waals surface area (Å²) in [5, 5.41) is 2.90. The average Bonchev–Trinajstić information content (AvgIpc) is 2.60. The Morgan fingerprint density at radius 1 is 1.14 bits per heavy atom. The minimum atomic E-state index is -0.360. The maximum atomic E-state index is 11.6. The van der Waals surface area contributed by atoms with Gasteiger partial charge >= 0.3 is 0 Å². The number of nitrogens with two attached hydrogens (primary N) is 1. The number of amides is 1. The minimum absolute atomic E-state index is 0.0109. The van der Waals surface area contributed by atoms with Crippen LogP contribution in [0, 0.1) is 0 Å². The lowest BCUT2D eigenvalue weighted by Gasteiger charge is -2.31. The molecule has 1 amide bonds. The Balaban J connectivity index is 2.42. The van der Waals surface area contributed by atoms with Gasteiger partial charge in [-0.3, -0.25) is 4.79 Å². The van der Waals surface area contributed by atoms with Crippen LogP contribution >= 0.6 is 0 Å². The molecule has 0 heterocycles. The lowest BCUT2D eigenvalue weighted by atomic mass is 9.76. The Kier molecular flexibility index (Phi) is 5.17. The van der Waals surface area contributed by atoms with E-state index in [1.807, 2.05) is 42.5 Å². The molecule has 0 radical (unpaired) electrons. The molecule has 0 bridgehead atoms. The highest BCUT2D eigenvalue weighted by Gasteiger charge is 2.29. The molecule has 22 heavy (non-hydrogen) atoms. The van der Waals surface area contributed by atoms with Gasteiger partial charge in [-0.25, -0.2) is 0 Å². The second-order valence-electron chi connectivity index (χ2n) is 5.41. The summed E-state index contributed by atoms with van der Waals surface area (Å²) in [6.45, 7) is 2.57. The molecule has 3 N–H and O–H groups in total. The molecule has 4 heteroatoms. The van der Waals surface area contributed by atoms with Crippen LogP contribution in [0.3, 0.4) is 0 Å². The van der Waals surface area contributed by atoms with Gasteiger partial charge in [0, 0.05) is 12.0 Å². The van der Waals surface area contributed by atoms with Crippen LogP contribution in [0.4, 0.5) is 0 Å². The highest BCUT2D eigenvalue weighted by atomic mass is 16.5. The third-order valence-electron chi connectivity index (χ3n) is 3.94. The Morgan fingerprint density at radius 3 is 2.45 bits per heavy atom. The fourth-order valence-electron chi connectivity index (χ4n) is 2.49. The largest absolute Gasteiger partial charge is 0.497 e. The fourth-order valence-corrected chi connectivity index (χ4v) is 2.49. The van der Waals surface area contributed by atoms with Crippen molar-refractivity contribution in [3.8, 4) is 5.75 Å². The van der Waals surface area contributed by atoms with E-state index in [1.165, 1.54) is 0 Å². The molecular formula is C18H22N2O2. The molecule has 0 spiro atoms. The molecule has 2 aromatic rings. The third kappa shape index (κ3) is 3.46. The van der Waals surface area contributed by atoms with Crippen molar-refractivity contribution in [1.82, 2.24) is 5.32 Å². The molecule has 0 aliphatic rings. The lowest BCUT2D eigenvalue weighted by molar-refractivity contribution is -0.119. The topological polar surface area (TPSA) is 64.3 Å². The molecule has 4 nitrogen and oxygen atoms in total. The first-order valence-electron chi connectivity index (χ1n) is 7.27. The van der Waals surface area contributed by atoms with Gasteiger partial charge in [-0.2, -0.15) is 0 Å². The van der Waals surface area contributed by atoms with E-state index in [0.717, 1.165) is 16.9 Å². The first-order chi connectivity index (χ1) is 10.6. The van der Waals surface area contributed by atoms with E-state index >= 15 is 0 Å². The number of hydrogen-bond acceptors (Lipinski definition) is 3. The first kappa shape index (κ1) is 16.0. The lowest BCUT2D eigenvalue weighted by Crippen LogP contribution is -2.41. The maximum absolute atomic E-state index is 11.6. The van der Waals surface area contributed by atoms with Crippen LogP contribution in [0.15, 0.2) is 54.6 Å². The molecule has 1 unspecified atom stereocenters. The molecule has 0 saturated carbocycles. The number of rotatable bonds is 6. The summed E-state index contributed by atoms with van der Waals surface area (Å²) in [7, 11) is 1.65. The smallest absolute Gasteiger partial charge is 0.233 e. The number of hydrogen-bond donors (Lipinski definition) is 2. The molecule has 2 aromatic carbocycles. The van der Waals surface area contributed by atoms with Crippen molar-refractivity contribution >= 4 is 5.91 Å². The quantitative estimate of drug-likeness (QED) is 0.858. The van der Waals surface area contributed by atoms with Crippen molar-refractivity contribution < 1.29 is 9.53 Å². The molecule has 0 saturated heterocycles. The van der Waals surface area contributed by atoms with E-state index in [4.69, 9.17) is 10.5 Å². The van der Waals surface area contributed by atoms with Crippen LogP contribution in [0.2, 0.25) is 0 Å². The van der Waals surface area contributed by atoms with Gasteiger partial charge < -0.3 is 15.8 Å². The van der Waals surface area contributed by atoms with Gasteiger partial charge in [0.15, 0.2) is 0 Å². The van der Waals surface area contributed by atoms with E-state index in [2.05, 4.69) is 24.4 Å². The number of carbonyl (C=O) groups excluding carboxylic acids is 1. The first-order valence-corrected chi connectivity index (χ1v) is 7.27. The summed E-state index contributed by atoms with van der Waals surface area (Å²) < 4.78 is 5.33. The zero-order valence-electron chi connectivity index (χ0n) is 13.0. The van der Waals surface area contributed by atoms with Crippen molar-refractivity contribution in [1.29, 1.82) is 0 Å². The molecule has 2 rings (SSSR count). The van der Waals surface area contributed by atoms with Gasteiger partial charge in [-0.15, -0.1) is 0 Å². The summed E-state index contributed by atoms with van der Waals surface area (Å²) in [6.07, 6.45) is 0. The molecule has 0 aliphatic heterocycles. The van der Waals surface area contributed by atoms with E-state index in [9.17, 15) is 4.79 Å². The van der Waals surface area contributed by atoms with E-state index in [-0.39, 0.29) is 17.9 Å². The van der Waals surface area contributed by atoms with Gasteiger partial charge in [0.1, 0.15) is 5.75 Å². The van der Waals surface area contributed by atoms with Crippen LogP contribution in [0.25, 0.3) is 0 Å². The number of ether oxygens (including phenoxy) is 1. The fraction of sp³-hybridized carbons (Fsp3) is 0.278. The minimum Gasteiger partial charge on any atom is -0.497 e. The van der Waals surface area contributed by atoms with Gasteiger partial charge in [-0.1, -0.05) is 42.5 Å². The standard InChI is InChI=1S/C18H22N2O2/c1-18(13-20-17(21)12-19,14-7-4-3-5-8-14)15-9-6-10-16(11-15)22-2/h3-11H,12-13,19H2,1-2H3,(H,20,21). The Labute approximate surface area is 131 Å². The SMILES string of the molecule is COc1cccc(C(C)(CNC(=O)CN)c2ccccc2)c1. The van der Waals surface area contributed by atoms with Gasteiger partial charge in [0.25, 0.3) is 0 Å². The molecular weight excluding hydrogens is 276 g/mol. The average molecular weight is 298 g/mol. The van der Waals surface area contributed by atoms with Gasteiger partial charge in [0.2, 0.25) is 5.91 Å². The number of benzene rings is 2. The number of nitrogens with one attached hydrogen (secondary N) is 1. The maximum Gasteiger partial charge on any atom is 0.233 e. The number of carbonyl (C=O) groups is 1. The monoisotopic (exact) mass is 298 g/mol. The van der Waals surface area contributed by atoms with Gasteiger partial charge in [0.05, 0.1) is 13.7 Å². The van der Waals surface area contributed by atoms with E-state index in [0.29, 0.717) is 6.54 Å². The van der Waals surface area contributed by atoms with Crippen molar-refractivity contribution in [2.45, 2.75) is 12.3 Å². The normalized spacial score (nSPS) is 13.2. The predicted octanol–water partition coefficient (Wildman–Crippen LogP) is 2.08. The Bertz CT molecular complexity index is 628. The summed E-state index contributed by atoms with van der Waals surface area (Å²) in [4.78, 5) is 11.6. The molecule has 0 fully saturated rings. The summed E-state index contributed by atoms with van der Waals surface area (Å²) in [6, 6.07) is 18.0. The van der Waals surface area contributed by atoms with Crippen LogP contribution in [-0.2, 0) is 10.2 Å². The second-order valence-corrected chi connectivity index (χ2v) is 5.41. The van der Waals surface area contributed by atoms with Crippen molar-refractivity contribution in [2.24, 2.45) is 5.73 Å². The van der Waals surface area contributed by atoms with Crippen LogP contribution in [-0.4, -0.2) is 26.1 Å². The summed E-state index contributed by atoms with van der Waals surface area (Å²) in [5.74, 6) is 0.634. The summed E-state index contributed by atoms with van der Waals surface area (Å²) >= 11 is 0. The highest BCUT2D eigenvalue weighted by Crippen LogP contribution is 2.33. The van der Waals surface area contributed by atoms with Crippen LogP contribution < -0.4 is 15.8 Å². The van der Waals surface area contributed by atoms with E-state index < -0.39 is 0 Å². The van der Waals surface area contributed by atoms with Crippen LogP contribution in [0.1, 0.15) is 18.1 Å². The zero-order chi connectivity index (χ0) is 16.0. The summed E-state index contributed by atoms with van der Waals surface area (Å²) in [5.41, 5.74) is 7.24. The Morgan fingerprint density at radius 2 is 1.82 bits per heavy atom. The van der Waals surface area contributed by atoms with Crippen molar-refractivity contribution in [3.05, 3.63) is 65.7 Å². The third-order valence-corrected chi connectivity index (χ3v) is 3.94. The molecule has 116 valence electrons. The molecule has 1 atom stereocenters.